The number of hydrogen-bond acceptors (Lipinski definition) is 6. The number of hydrogen-bond donors (Lipinski definition) is 2. The summed E-state index contributed by atoms with van der Waals surface area (Å²) < 4.78 is 1.16. The van der Waals surface area contributed by atoms with Gasteiger partial charge in [-0.3, -0.25) is 24.5 Å². The van der Waals surface area contributed by atoms with Crippen LogP contribution < -0.4 is 10.6 Å². The van der Waals surface area contributed by atoms with Crippen LogP contribution in [-0.2, 0) is 21.9 Å². The van der Waals surface area contributed by atoms with E-state index in [1.807, 2.05) is 30.3 Å². The first-order chi connectivity index (χ1) is 20.8. The molecule has 4 saturated carbocycles. The summed E-state index contributed by atoms with van der Waals surface area (Å²) in [6.07, 6.45) is 8.70. The molecule has 2 N–H and O–H groups in total. The molecule has 5 fully saturated rings. The highest BCUT2D eigenvalue weighted by atomic mass is 32.2. The summed E-state index contributed by atoms with van der Waals surface area (Å²) in [4.78, 5) is 54.3. The van der Waals surface area contributed by atoms with Crippen molar-refractivity contribution in [1.29, 1.82) is 0 Å². The van der Waals surface area contributed by atoms with E-state index < -0.39 is 11.9 Å². The van der Waals surface area contributed by atoms with Crippen LogP contribution in [-0.4, -0.2) is 41.1 Å². The molecule has 4 amide bonds. The monoisotopic (exact) mass is 613 g/mol. The number of nitrogens with zero attached hydrogens (tertiary/aromatic N) is 1. The molecule has 3 heterocycles. The molecular formula is C34H35N3O4S2. The van der Waals surface area contributed by atoms with Gasteiger partial charge >= 0.3 is 0 Å². The van der Waals surface area contributed by atoms with Gasteiger partial charge in [0.05, 0.1) is 0 Å². The number of nitrogens with one attached hydrogen (secondary N) is 2. The van der Waals surface area contributed by atoms with Gasteiger partial charge < -0.3 is 10.2 Å². The molecule has 1 unspecified atom stereocenters. The van der Waals surface area contributed by atoms with Crippen molar-refractivity contribution < 1.29 is 19.2 Å². The molecule has 3 aromatic rings. The summed E-state index contributed by atoms with van der Waals surface area (Å²) in [5, 5.41) is 6.78. The van der Waals surface area contributed by atoms with Crippen LogP contribution in [0.5, 0.6) is 0 Å². The topological polar surface area (TPSA) is 95.6 Å². The van der Waals surface area contributed by atoms with E-state index in [0.29, 0.717) is 23.9 Å². The molecule has 9 heteroatoms. The van der Waals surface area contributed by atoms with Crippen molar-refractivity contribution in [2.24, 2.45) is 23.2 Å². The molecule has 1 aromatic heterocycles. The number of thioether (sulfide) groups is 1. The Hall–Kier alpha value is -3.17. The number of thiophene rings is 1. The molecule has 1 saturated heterocycles. The summed E-state index contributed by atoms with van der Waals surface area (Å²) >= 11 is 3.42. The molecule has 2 aliphatic heterocycles. The summed E-state index contributed by atoms with van der Waals surface area (Å²) in [5.74, 6) is 2.59. The maximum absolute atomic E-state index is 13.2. The second kappa shape index (κ2) is 10.5. The van der Waals surface area contributed by atoms with Gasteiger partial charge in [0.1, 0.15) is 6.04 Å². The largest absolute Gasteiger partial charge is 0.351 e. The van der Waals surface area contributed by atoms with Gasteiger partial charge in [-0.25, -0.2) is 0 Å². The number of fused-ring (bicyclic) bond motifs is 2. The molecule has 43 heavy (non-hydrogen) atoms. The van der Waals surface area contributed by atoms with Crippen LogP contribution >= 0.6 is 23.1 Å². The zero-order valence-electron chi connectivity index (χ0n) is 24.0. The lowest BCUT2D eigenvalue weighted by Gasteiger charge is -2.56. The molecule has 0 spiro atoms. The van der Waals surface area contributed by atoms with Crippen molar-refractivity contribution in [1.82, 2.24) is 15.5 Å². The second-order valence-electron chi connectivity index (χ2n) is 13.5. The third-order valence-corrected chi connectivity index (χ3v) is 13.0. The molecule has 1 atom stereocenters. The standard InChI is InChI=1S/C34H35N3O4S2/c38-30-7-5-27(32(40)36-30)37-16-26-25(33(37)41)2-1-3-29(26)42-17-24-12-23-11-22(4-6-28(23)43-24)31(39)35-18-34-13-19-8-20(14-34)10-21(9-19)15-34/h1-4,6,11-12,19-21,27H,5,7-10,13-18H2,(H,35,39)(H,36,38,40). The lowest BCUT2D eigenvalue weighted by molar-refractivity contribution is -0.136. The first-order valence-corrected chi connectivity index (χ1v) is 17.3. The highest BCUT2D eigenvalue weighted by molar-refractivity contribution is 7.98. The van der Waals surface area contributed by atoms with E-state index in [2.05, 4.69) is 22.8 Å². The summed E-state index contributed by atoms with van der Waals surface area (Å²) in [6, 6.07) is 13.3. The Balaban J connectivity index is 0.928. The highest BCUT2D eigenvalue weighted by Gasteiger charge is 2.50. The smallest absolute Gasteiger partial charge is 0.255 e. The predicted octanol–water partition coefficient (Wildman–Crippen LogP) is 5.90. The van der Waals surface area contributed by atoms with Gasteiger partial charge in [-0.1, -0.05) is 6.07 Å². The van der Waals surface area contributed by atoms with E-state index in [1.54, 1.807) is 28.0 Å². The van der Waals surface area contributed by atoms with Crippen molar-refractivity contribution in [2.45, 2.75) is 74.6 Å². The number of rotatable bonds is 7. The van der Waals surface area contributed by atoms with E-state index in [1.165, 1.54) is 43.4 Å². The van der Waals surface area contributed by atoms with E-state index >= 15 is 0 Å². The van der Waals surface area contributed by atoms with Crippen LogP contribution in [0.15, 0.2) is 47.4 Å². The van der Waals surface area contributed by atoms with Crippen LogP contribution in [0.3, 0.4) is 0 Å². The normalized spacial score (nSPS) is 29.3. The quantitative estimate of drug-likeness (QED) is 0.256. The van der Waals surface area contributed by atoms with E-state index in [-0.39, 0.29) is 24.1 Å². The molecule has 9 rings (SSSR count). The van der Waals surface area contributed by atoms with Crippen LogP contribution in [0.2, 0.25) is 0 Å². The molecule has 2 aromatic carbocycles. The first-order valence-electron chi connectivity index (χ1n) is 15.5. The van der Waals surface area contributed by atoms with Crippen LogP contribution in [0.25, 0.3) is 10.1 Å². The Kier molecular flexibility index (Phi) is 6.67. The first kappa shape index (κ1) is 27.4. The SMILES string of the molecule is O=C1CCC(N2Cc3c(SCc4cc5cc(C(=O)NCC67CC8CC(CC(C8)C6)C7)ccc5s4)cccc3C2=O)C(=O)N1. The third-order valence-electron chi connectivity index (χ3n) is 10.5. The molecule has 4 bridgehead atoms. The molecule has 0 radical (unpaired) electrons. The summed E-state index contributed by atoms with van der Waals surface area (Å²) in [5.41, 5.74) is 2.63. The van der Waals surface area contributed by atoms with Gasteiger partial charge in [-0.05, 0) is 115 Å². The number of benzene rings is 2. The van der Waals surface area contributed by atoms with Crippen LogP contribution in [0, 0.1) is 23.2 Å². The predicted molar refractivity (Wildman–Crippen MR) is 167 cm³/mol. The minimum Gasteiger partial charge on any atom is -0.351 e. The number of piperidine rings is 1. The van der Waals surface area contributed by atoms with Gasteiger partial charge in [0.25, 0.3) is 11.8 Å². The van der Waals surface area contributed by atoms with E-state index in [0.717, 1.165) is 56.2 Å². The number of imide groups is 1. The van der Waals surface area contributed by atoms with Gasteiger partial charge in [0, 0.05) is 50.9 Å². The van der Waals surface area contributed by atoms with Crippen molar-refractivity contribution in [3.05, 3.63) is 64.0 Å². The Morgan fingerprint density at radius 1 is 1.02 bits per heavy atom. The van der Waals surface area contributed by atoms with E-state index in [9.17, 15) is 19.2 Å². The lowest BCUT2D eigenvalue weighted by atomic mass is 9.49. The Morgan fingerprint density at radius 3 is 2.53 bits per heavy atom. The molecule has 4 aliphatic carbocycles. The Morgan fingerprint density at radius 2 is 1.79 bits per heavy atom. The Labute approximate surface area is 259 Å². The van der Waals surface area contributed by atoms with Crippen LogP contribution in [0.1, 0.15) is 82.5 Å². The zero-order valence-corrected chi connectivity index (χ0v) is 25.7. The zero-order chi connectivity index (χ0) is 29.3. The number of carbonyl (C=O) groups excluding carboxylic acids is 4. The maximum Gasteiger partial charge on any atom is 0.255 e. The highest BCUT2D eigenvalue weighted by Crippen LogP contribution is 2.59. The van der Waals surface area contributed by atoms with Crippen molar-refractivity contribution in [3.8, 4) is 0 Å². The average Bonchev–Trinajstić information content (AvgIpc) is 3.54. The minimum atomic E-state index is -0.614. The van der Waals surface area contributed by atoms with Crippen molar-refractivity contribution in [3.63, 3.8) is 0 Å². The van der Waals surface area contributed by atoms with Crippen molar-refractivity contribution in [2.75, 3.05) is 6.54 Å². The molecule has 7 nitrogen and oxygen atoms in total. The molecular weight excluding hydrogens is 579 g/mol. The van der Waals surface area contributed by atoms with E-state index in [4.69, 9.17) is 0 Å². The fourth-order valence-electron chi connectivity index (χ4n) is 9.03. The van der Waals surface area contributed by atoms with Crippen molar-refractivity contribution >= 4 is 56.8 Å². The lowest BCUT2D eigenvalue weighted by Crippen LogP contribution is -2.52. The van der Waals surface area contributed by atoms with Gasteiger partial charge in [0.2, 0.25) is 11.8 Å². The van der Waals surface area contributed by atoms with Crippen LogP contribution in [0.4, 0.5) is 0 Å². The molecule has 6 aliphatic rings. The Bertz CT molecular complexity index is 1640. The second-order valence-corrected chi connectivity index (χ2v) is 15.7. The maximum atomic E-state index is 13.2. The average molecular weight is 614 g/mol. The van der Waals surface area contributed by atoms with Gasteiger partial charge in [-0.2, -0.15) is 0 Å². The summed E-state index contributed by atoms with van der Waals surface area (Å²) in [7, 11) is 0. The van der Waals surface area contributed by atoms with Gasteiger partial charge in [0.15, 0.2) is 0 Å². The van der Waals surface area contributed by atoms with Gasteiger partial charge in [-0.15, -0.1) is 23.1 Å². The number of amides is 4. The molecule has 222 valence electrons. The fraction of sp³-hybridized carbons (Fsp3) is 0.471. The third kappa shape index (κ3) is 4.98. The fourth-order valence-corrected chi connectivity index (χ4v) is 11.2. The summed E-state index contributed by atoms with van der Waals surface area (Å²) in [6.45, 7) is 1.18. The minimum absolute atomic E-state index is 0.0323. The number of carbonyl (C=O) groups is 4.